The van der Waals surface area contributed by atoms with Crippen LogP contribution in [-0.2, 0) is 4.79 Å². The van der Waals surface area contributed by atoms with Crippen LogP contribution in [0, 0.1) is 0 Å². The van der Waals surface area contributed by atoms with Gasteiger partial charge in [0.15, 0.2) is 0 Å². The summed E-state index contributed by atoms with van der Waals surface area (Å²) >= 11 is 3.91. The van der Waals surface area contributed by atoms with Crippen molar-refractivity contribution in [3.05, 3.63) is 0 Å². The lowest BCUT2D eigenvalue weighted by Gasteiger charge is -2.28. The third-order valence-corrected chi connectivity index (χ3v) is 2.59. The van der Waals surface area contributed by atoms with E-state index in [1.54, 1.807) is 0 Å². The molecule has 0 fully saturated rings. The van der Waals surface area contributed by atoms with Gasteiger partial charge in [-0.15, -0.1) is 0 Å². The average molecular weight is 314 g/mol. The summed E-state index contributed by atoms with van der Waals surface area (Å²) in [5, 5.41) is -4.02. The van der Waals surface area contributed by atoms with Crippen LogP contribution in [0.3, 0.4) is 0 Å². The lowest BCUT2D eigenvalue weighted by atomic mass is 10.1. The smallest absolute Gasteiger partial charge is 0.351 e. The first-order valence-electron chi connectivity index (χ1n) is 5.59. The maximum Gasteiger partial charge on any atom is 0.395 e. The Hall–Kier alpha value is -0.660. The second-order valence-electron chi connectivity index (χ2n) is 3.96. The molecule has 1 amide bonds. The van der Waals surface area contributed by atoms with Crippen molar-refractivity contribution in [2.24, 2.45) is 0 Å². The number of unbranched alkanes of at least 4 members (excludes halogenated alkanes) is 3. The van der Waals surface area contributed by atoms with Crippen molar-refractivity contribution in [3.63, 3.8) is 0 Å². The first-order chi connectivity index (χ1) is 8.48. The van der Waals surface area contributed by atoms with Gasteiger partial charge >= 0.3 is 17.2 Å². The van der Waals surface area contributed by atoms with Gasteiger partial charge in [0, 0.05) is 6.54 Å². The molecule has 0 heterocycles. The highest BCUT2D eigenvalue weighted by atomic mass is 35.5. The first-order valence-corrected chi connectivity index (χ1v) is 5.97. The van der Waals surface area contributed by atoms with Gasteiger partial charge in [-0.25, -0.2) is 0 Å². The van der Waals surface area contributed by atoms with E-state index in [9.17, 15) is 31.1 Å². The second kappa shape index (κ2) is 6.67. The summed E-state index contributed by atoms with van der Waals surface area (Å²) in [5.74, 6) is -14.0. The van der Waals surface area contributed by atoms with Crippen LogP contribution in [0.25, 0.3) is 0 Å². The molecular weight excluding hydrogens is 300 g/mol. The molecule has 2 nitrogen and oxygen atoms in total. The largest absolute Gasteiger partial charge is 0.395 e. The molecule has 0 bridgehead atoms. The fourth-order valence-electron chi connectivity index (χ4n) is 1.19. The van der Waals surface area contributed by atoms with Crippen LogP contribution >= 0.6 is 11.6 Å². The molecule has 0 aliphatic carbocycles. The van der Waals surface area contributed by atoms with Crippen LogP contribution in [0.2, 0.25) is 0 Å². The van der Waals surface area contributed by atoms with Crippen LogP contribution in [0.5, 0.6) is 0 Å². The van der Waals surface area contributed by atoms with Gasteiger partial charge in [-0.2, -0.15) is 26.3 Å². The number of rotatable bonds is 8. The zero-order chi connectivity index (χ0) is 15.3. The quantitative estimate of drug-likeness (QED) is 0.412. The van der Waals surface area contributed by atoms with Crippen molar-refractivity contribution in [2.45, 2.75) is 49.8 Å². The molecule has 0 rings (SSSR count). The Morgan fingerprint density at radius 3 is 2.00 bits per heavy atom. The van der Waals surface area contributed by atoms with E-state index in [4.69, 9.17) is 0 Å². The third-order valence-electron chi connectivity index (χ3n) is 2.35. The summed E-state index contributed by atoms with van der Waals surface area (Å²) in [5.41, 5.74) is 0. The van der Waals surface area contributed by atoms with E-state index in [0.29, 0.717) is 12.8 Å². The molecule has 0 aromatic heterocycles. The minimum absolute atomic E-state index is 0.290. The lowest BCUT2D eigenvalue weighted by molar-refractivity contribution is -0.269. The minimum Gasteiger partial charge on any atom is -0.351 e. The van der Waals surface area contributed by atoms with Crippen LogP contribution in [0.4, 0.5) is 26.3 Å². The molecule has 114 valence electrons. The predicted octanol–water partition coefficient (Wildman–Crippen LogP) is 3.79. The van der Waals surface area contributed by atoms with E-state index >= 15 is 0 Å². The molecular formula is C10H14ClF6NO. The number of nitrogens with one attached hydrogen (secondary N) is 1. The maximum atomic E-state index is 12.9. The Morgan fingerprint density at radius 1 is 1.05 bits per heavy atom. The summed E-state index contributed by atoms with van der Waals surface area (Å²) in [6, 6.07) is 0. The van der Waals surface area contributed by atoms with Gasteiger partial charge in [0.05, 0.1) is 0 Å². The zero-order valence-electron chi connectivity index (χ0n) is 10.1. The molecule has 0 unspecified atom stereocenters. The van der Waals surface area contributed by atoms with E-state index in [1.165, 1.54) is 5.32 Å². The van der Waals surface area contributed by atoms with Gasteiger partial charge in [0.1, 0.15) is 0 Å². The Bertz CT molecular complexity index is 305. The average Bonchev–Trinajstić information content (AvgIpc) is 2.26. The minimum atomic E-state index is -5.96. The fraction of sp³-hybridized carbons (Fsp3) is 0.900. The van der Waals surface area contributed by atoms with E-state index < -0.39 is 23.1 Å². The Balaban J connectivity index is 4.52. The Labute approximate surface area is 111 Å². The fourth-order valence-corrected chi connectivity index (χ4v) is 1.30. The normalized spacial score (nSPS) is 13.5. The molecule has 0 aromatic carbocycles. The molecule has 9 heteroatoms. The van der Waals surface area contributed by atoms with Crippen LogP contribution in [0.1, 0.15) is 32.6 Å². The van der Waals surface area contributed by atoms with Gasteiger partial charge < -0.3 is 5.32 Å². The molecule has 0 saturated carbocycles. The number of hydrogen-bond donors (Lipinski definition) is 1. The predicted molar refractivity (Wildman–Crippen MR) is 57.8 cm³/mol. The molecule has 19 heavy (non-hydrogen) atoms. The van der Waals surface area contributed by atoms with Crippen molar-refractivity contribution in [1.29, 1.82) is 0 Å². The SMILES string of the molecule is CCCCCCNC(=O)C(F)(F)C(F)(F)C(F)(F)Cl. The number of carbonyl (C=O) groups is 1. The van der Waals surface area contributed by atoms with Crippen molar-refractivity contribution in [1.82, 2.24) is 5.32 Å². The molecule has 0 aliphatic heterocycles. The third kappa shape index (κ3) is 4.43. The van der Waals surface area contributed by atoms with E-state index in [1.807, 2.05) is 6.92 Å². The highest BCUT2D eigenvalue weighted by Crippen LogP contribution is 2.47. The van der Waals surface area contributed by atoms with E-state index in [-0.39, 0.29) is 6.54 Å². The highest BCUT2D eigenvalue weighted by molar-refractivity contribution is 6.22. The topological polar surface area (TPSA) is 29.1 Å². The first kappa shape index (κ1) is 18.3. The maximum absolute atomic E-state index is 12.9. The summed E-state index contributed by atoms with van der Waals surface area (Å²) in [7, 11) is 0. The van der Waals surface area contributed by atoms with Gasteiger partial charge in [-0.1, -0.05) is 26.2 Å². The monoisotopic (exact) mass is 313 g/mol. The van der Waals surface area contributed by atoms with Crippen molar-refractivity contribution >= 4 is 17.5 Å². The Kier molecular flexibility index (Phi) is 6.44. The van der Waals surface area contributed by atoms with Crippen molar-refractivity contribution < 1.29 is 31.1 Å². The van der Waals surface area contributed by atoms with Gasteiger partial charge in [-0.05, 0) is 18.0 Å². The summed E-state index contributed by atoms with van der Waals surface area (Å²) in [4.78, 5) is 10.9. The molecule has 0 radical (unpaired) electrons. The zero-order valence-corrected chi connectivity index (χ0v) is 10.8. The highest BCUT2D eigenvalue weighted by Gasteiger charge is 2.74. The molecule has 1 N–H and O–H groups in total. The molecule has 0 spiro atoms. The van der Waals surface area contributed by atoms with Gasteiger partial charge in [0.2, 0.25) is 0 Å². The number of carbonyl (C=O) groups excluding carboxylic acids is 1. The Morgan fingerprint density at radius 2 is 1.58 bits per heavy atom. The molecule has 0 aliphatic rings. The lowest BCUT2D eigenvalue weighted by Crippen LogP contribution is -2.59. The molecule has 0 atom stereocenters. The van der Waals surface area contributed by atoms with Crippen molar-refractivity contribution in [3.8, 4) is 0 Å². The van der Waals surface area contributed by atoms with Crippen molar-refractivity contribution in [2.75, 3.05) is 6.54 Å². The van der Waals surface area contributed by atoms with Crippen LogP contribution in [0.15, 0.2) is 0 Å². The summed E-state index contributed by atoms with van der Waals surface area (Å²) in [6.45, 7) is 1.59. The number of amides is 1. The van der Waals surface area contributed by atoms with Gasteiger partial charge in [-0.3, -0.25) is 4.79 Å². The van der Waals surface area contributed by atoms with E-state index in [0.717, 1.165) is 12.8 Å². The summed E-state index contributed by atoms with van der Waals surface area (Å²) in [6.07, 6.45) is 2.52. The molecule has 0 saturated heterocycles. The van der Waals surface area contributed by atoms with Crippen LogP contribution in [-0.4, -0.2) is 29.7 Å². The second-order valence-corrected chi connectivity index (χ2v) is 4.44. The van der Waals surface area contributed by atoms with E-state index in [2.05, 4.69) is 11.6 Å². The number of hydrogen-bond acceptors (Lipinski definition) is 1. The molecule has 0 aromatic rings. The van der Waals surface area contributed by atoms with Crippen LogP contribution < -0.4 is 5.32 Å². The number of halogens is 7. The van der Waals surface area contributed by atoms with Gasteiger partial charge in [0.25, 0.3) is 5.91 Å². The summed E-state index contributed by atoms with van der Waals surface area (Å²) < 4.78 is 75.7. The number of alkyl halides is 7. The standard InChI is InChI=1S/C10H14ClF6NO/c1-2-3-4-5-6-18-7(19)8(12,13)9(14,15)10(11,16)17/h2-6H2,1H3,(H,18,19).